The van der Waals surface area contributed by atoms with Crippen molar-refractivity contribution in [3.63, 3.8) is 0 Å². The van der Waals surface area contributed by atoms with E-state index in [-0.39, 0.29) is 35.6 Å². The number of fused-ring (bicyclic) bond motifs is 1. The van der Waals surface area contributed by atoms with Gasteiger partial charge in [-0.25, -0.2) is 0 Å². The number of piperidine rings is 1. The van der Waals surface area contributed by atoms with Crippen LogP contribution in [0.2, 0.25) is 0 Å². The molecule has 3 amide bonds. The van der Waals surface area contributed by atoms with Crippen LogP contribution < -0.4 is 5.32 Å². The number of likely N-dealkylation sites (tertiary alicyclic amines) is 1. The van der Waals surface area contributed by atoms with E-state index in [1.165, 1.54) is 4.90 Å². The molecule has 1 N–H and O–H groups in total. The molecule has 2 heterocycles. The van der Waals surface area contributed by atoms with Crippen LogP contribution in [0, 0.1) is 11.8 Å². The zero-order valence-corrected chi connectivity index (χ0v) is 10.1. The number of amides is 3. The largest absolute Gasteiger partial charge is 0.354 e. The second-order valence-corrected chi connectivity index (χ2v) is 5.20. The van der Waals surface area contributed by atoms with Crippen LogP contribution in [0.4, 0.5) is 0 Å². The predicted octanol–water partition coefficient (Wildman–Crippen LogP) is 0.216. The van der Waals surface area contributed by atoms with Crippen molar-refractivity contribution in [1.29, 1.82) is 0 Å². The van der Waals surface area contributed by atoms with Crippen LogP contribution in [0.25, 0.3) is 0 Å². The van der Waals surface area contributed by atoms with E-state index in [1.54, 1.807) is 0 Å². The summed E-state index contributed by atoms with van der Waals surface area (Å²) in [6, 6.07) is -0.145. The molecule has 18 heavy (non-hydrogen) atoms. The van der Waals surface area contributed by atoms with Crippen molar-refractivity contribution < 1.29 is 14.4 Å². The Morgan fingerprint density at radius 2 is 1.67 bits per heavy atom. The molecule has 3 rings (SSSR count). The van der Waals surface area contributed by atoms with Gasteiger partial charge in [-0.1, -0.05) is 12.2 Å². The fourth-order valence-corrected chi connectivity index (χ4v) is 3.13. The third kappa shape index (κ3) is 1.65. The van der Waals surface area contributed by atoms with Crippen LogP contribution in [0.1, 0.15) is 25.7 Å². The van der Waals surface area contributed by atoms with E-state index < -0.39 is 0 Å². The maximum atomic E-state index is 12.3. The van der Waals surface area contributed by atoms with Gasteiger partial charge in [-0.05, 0) is 19.3 Å². The smallest absolute Gasteiger partial charge is 0.233 e. The van der Waals surface area contributed by atoms with Crippen LogP contribution in [0.3, 0.4) is 0 Å². The molecule has 3 unspecified atom stereocenters. The summed E-state index contributed by atoms with van der Waals surface area (Å²) in [6.07, 6.45) is 6.30. The van der Waals surface area contributed by atoms with Gasteiger partial charge in [-0.3, -0.25) is 19.3 Å². The highest BCUT2D eigenvalue weighted by Gasteiger charge is 2.49. The van der Waals surface area contributed by atoms with Crippen molar-refractivity contribution in [2.24, 2.45) is 11.8 Å². The van der Waals surface area contributed by atoms with E-state index in [9.17, 15) is 14.4 Å². The van der Waals surface area contributed by atoms with Gasteiger partial charge in [-0.15, -0.1) is 0 Å². The van der Waals surface area contributed by atoms with Crippen LogP contribution in [0.5, 0.6) is 0 Å². The normalized spacial score (nSPS) is 35.7. The van der Waals surface area contributed by atoms with Crippen molar-refractivity contribution in [2.45, 2.75) is 31.7 Å². The van der Waals surface area contributed by atoms with Gasteiger partial charge >= 0.3 is 0 Å². The molecular formula is C13H16N2O3. The second-order valence-electron chi connectivity index (χ2n) is 5.20. The Hall–Kier alpha value is -1.65. The minimum absolute atomic E-state index is 0.00410. The number of hydrogen-bond acceptors (Lipinski definition) is 3. The summed E-state index contributed by atoms with van der Waals surface area (Å²) in [5.41, 5.74) is 0. The van der Waals surface area contributed by atoms with E-state index in [0.29, 0.717) is 32.2 Å². The molecule has 0 aromatic heterocycles. The molecule has 1 aliphatic carbocycles. The Morgan fingerprint density at radius 1 is 1.06 bits per heavy atom. The van der Waals surface area contributed by atoms with Gasteiger partial charge in [-0.2, -0.15) is 0 Å². The molecule has 0 radical (unpaired) electrons. The van der Waals surface area contributed by atoms with Crippen molar-refractivity contribution in [2.75, 3.05) is 6.54 Å². The minimum atomic E-state index is -0.167. The van der Waals surface area contributed by atoms with Crippen molar-refractivity contribution in [3.8, 4) is 0 Å². The molecule has 2 aliphatic heterocycles. The van der Waals surface area contributed by atoms with Gasteiger partial charge < -0.3 is 5.32 Å². The van der Waals surface area contributed by atoms with Crippen LogP contribution in [0.15, 0.2) is 12.2 Å². The lowest BCUT2D eigenvalue weighted by Gasteiger charge is -2.30. The SMILES string of the molecule is O=C1CCC(N2C(=O)C3CC=CCC3C2=O)CN1. The lowest BCUT2D eigenvalue weighted by molar-refractivity contribution is -0.144. The molecule has 2 fully saturated rings. The standard InChI is InChI=1S/C13H16N2O3/c16-11-6-5-8(7-14-11)15-12(17)9-3-1-2-4-10(9)13(15)18/h1-2,8-10H,3-7H2,(H,14,16). The molecule has 2 saturated heterocycles. The van der Waals surface area contributed by atoms with Crippen LogP contribution >= 0.6 is 0 Å². The van der Waals surface area contributed by atoms with Gasteiger partial charge in [0, 0.05) is 13.0 Å². The number of nitrogens with one attached hydrogen (secondary N) is 1. The number of nitrogens with zero attached hydrogens (tertiary/aromatic N) is 1. The second kappa shape index (κ2) is 4.23. The number of imide groups is 1. The predicted molar refractivity (Wildman–Crippen MR) is 63.2 cm³/mol. The Morgan fingerprint density at radius 3 is 2.17 bits per heavy atom. The Balaban J connectivity index is 1.79. The number of rotatable bonds is 1. The summed E-state index contributed by atoms with van der Waals surface area (Å²) in [5, 5.41) is 2.73. The first-order chi connectivity index (χ1) is 8.68. The maximum absolute atomic E-state index is 12.3. The quantitative estimate of drug-likeness (QED) is 0.533. The fourth-order valence-electron chi connectivity index (χ4n) is 3.13. The van der Waals surface area contributed by atoms with Crippen LogP contribution in [-0.2, 0) is 14.4 Å². The van der Waals surface area contributed by atoms with Crippen molar-refractivity contribution >= 4 is 17.7 Å². The van der Waals surface area contributed by atoms with Gasteiger partial charge in [0.05, 0.1) is 17.9 Å². The molecule has 3 aliphatic rings. The number of carbonyl (C=O) groups is 3. The van der Waals surface area contributed by atoms with Crippen LogP contribution in [-0.4, -0.2) is 35.2 Å². The monoisotopic (exact) mass is 248 g/mol. The molecule has 5 heteroatoms. The minimum Gasteiger partial charge on any atom is -0.354 e. The van der Waals surface area contributed by atoms with E-state index in [4.69, 9.17) is 0 Å². The molecule has 3 atom stereocenters. The number of carbonyl (C=O) groups excluding carboxylic acids is 3. The zero-order chi connectivity index (χ0) is 12.7. The first-order valence-corrected chi connectivity index (χ1v) is 6.47. The molecular weight excluding hydrogens is 232 g/mol. The van der Waals surface area contributed by atoms with Crippen molar-refractivity contribution in [1.82, 2.24) is 10.2 Å². The van der Waals surface area contributed by atoms with E-state index in [2.05, 4.69) is 5.32 Å². The Labute approximate surface area is 105 Å². The highest BCUT2D eigenvalue weighted by atomic mass is 16.2. The summed E-state index contributed by atoms with van der Waals surface area (Å²) in [7, 11) is 0. The average Bonchev–Trinajstić information content (AvgIpc) is 2.64. The molecule has 5 nitrogen and oxygen atoms in total. The van der Waals surface area contributed by atoms with E-state index >= 15 is 0 Å². The Bertz CT molecular complexity index is 408. The van der Waals surface area contributed by atoms with Gasteiger partial charge in [0.15, 0.2) is 0 Å². The summed E-state index contributed by atoms with van der Waals surface area (Å²) in [4.78, 5) is 37.1. The number of allylic oxidation sites excluding steroid dienone is 2. The molecule has 96 valence electrons. The van der Waals surface area contributed by atoms with Gasteiger partial charge in [0.1, 0.15) is 0 Å². The van der Waals surface area contributed by atoms with Gasteiger partial charge in [0.25, 0.3) is 0 Å². The van der Waals surface area contributed by atoms with Crippen molar-refractivity contribution in [3.05, 3.63) is 12.2 Å². The number of hydrogen-bond donors (Lipinski definition) is 1. The highest BCUT2D eigenvalue weighted by molar-refractivity contribution is 6.05. The third-order valence-electron chi connectivity index (χ3n) is 4.15. The van der Waals surface area contributed by atoms with E-state index in [0.717, 1.165) is 0 Å². The first-order valence-electron chi connectivity index (χ1n) is 6.47. The average molecular weight is 248 g/mol. The fraction of sp³-hybridized carbons (Fsp3) is 0.615. The van der Waals surface area contributed by atoms with E-state index in [1.807, 2.05) is 12.2 Å². The third-order valence-corrected chi connectivity index (χ3v) is 4.15. The zero-order valence-electron chi connectivity index (χ0n) is 10.1. The molecule has 0 bridgehead atoms. The highest BCUT2D eigenvalue weighted by Crippen LogP contribution is 2.36. The topological polar surface area (TPSA) is 66.5 Å². The molecule has 0 spiro atoms. The summed E-state index contributed by atoms with van der Waals surface area (Å²) in [6.45, 7) is 0.406. The Kier molecular flexibility index (Phi) is 2.69. The summed E-state index contributed by atoms with van der Waals surface area (Å²) in [5.74, 6) is -0.421. The summed E-state index contributed by atoms with van der Waals surface area (Å²) >= 11 is 0. The molecule has 0 aromatic rings. The maximum Gasteiger partial charge on any atom is 0.233 e. The lowest BCUT2D eigenvalue weighted by atomic mass is 9.85. The summed E-state index contributed by atoms with van der Waals surface area (Å²) < 4.78 is 0. The first kappa shape index (κ1) is 11.4. The molecule has 0 aromatic carbocycles. The van der Waals surface area contributed by atoms with Gasteiger partial charge in [0.2, 0.25) is 17.7 Å². The molecule has 0 saturated carbocycles. The lowest BCUT2D eigenvalue weighted by Crippen LogP contribution is -2.50.